The summed E-state index contributed by atoms with van der Waals surface area (Å²) in [5.74, 6) is 1.96. The quantitative estimate of drug-likeness (QED) is 0.761. The maximum absolute atomic E-state index is 4.56. The first-order valence-electron chi connectivity index (χ1n) is 7.60. The molecule has 6 heteroatoms. The van der Waals surface area contributed by atoms with Gasteiger partial charge in [-0.25, -0.2) is 4.98 Å². The van der Waals surface area contributed by atoms with Crippen molar-refractivity contribution in [3.8, 4) is 0 Å². The number of hydrogen-bond donors (Lipinski definition) is 3. The summed E-state index contributed by atoms with van der Waals surface area (Å²) in [7, 11) is 0. The predicted molar refractivity (Wildman–Crippen MR) is 87.6 cm³/mol. The number of imidazole rings is 1. The number of aromatic nitrogens is 4. The average molecular weight is 290 g/mol. The van der Waals surface area contributed by atoms with Gasteiger partial charge in [-0.3, -0.25) is 0 Å². The van der Waals surface area contributed by atoms with Gasteiger partial charge in [0.05, 0.1) is 6.33 Å². The van der Waals surface area contributed by atoms with E-state index in [9.17, 15) is 0 Å². The van der Waals surface area contributed by atoms with Crippen LogP contribution in [0, 0.1) is 11.3 Å². The Hall–Kier alpha value is -1.85. The summed E-state index contributed by atoms with van der Waals surface area (Å²) in [5.41, 5.74) is 1.81. The van der Waals surface area contributed by atoms with Gasteiger partial charge >= 0.3 is 0 Å². The second kappa shape index (κ2) is 6.28. The van der Waals surface area contributed by atoms with Crippen LogP contribution in [0.5, 0.6) is 0 Å². The zero-order valence-electron chi connectivity index (χ0n) is 13.6. The molecule has 21 heavy (non-hydrogen) atoms. The fraction of sp³-hybridized carbons (Fsp3) is 0.667. The van der Waals surface area contributed by atoms with Gasteiger partial charge in [0.2, 0.25) is 5.95 Å². The lowest BCUT2D eigenvalue weighted by Crippen LogP contribution is -2.25. The SMILES string of the molecule is CCCNc1nc(NCC(C)C(C)(C)C)c2[nH]cnc2n1. The Morgan fingerprint density at radius 3 is 2.67 bits per heavy atom. The van der Waals surface area contributed by atoms with E-state index in [1.165, 1.54) is 0 Å². The number of nitrogens with one attached hydrogen (secondary N) is 3. The smallest absolute Gasteiger partial charge is 0.226 e. The van der Waals surface area contributed by atoms with Crippen LogP contribution in [0.1, 0.15) is 41.0 Å². The van der Waals surface area contributed by atoms with Crippen molar-refractivity contribution in [3.05, 3.63) is 6.33 Å². The lowest BCUT2D eigenvalue weighted by atomic mass is 9.82. The molecule has 0 saturated heterocycles. The molecule has 1 atom stereocenters. The van der Waals surface area contributed by atoms with E-state index in [0.717, 1.165) is 30.8 Å². The molecule has 0 amide bonds. The number of H-pyrrole nitrogens is 1. The second-order valence-electron chi connectivity index (χ2n) is 6.57. The van der Waals surface area contributed by atoms with Crippen LogP contribution in [0.2, 0.25) is 0 Å². The number of aromatic amines is 1. The van der Waals surface area contributed by atoms with Crippen molar-refractivity contribution >= 4 is 22.9 Å². The first-order valence-corrected chi connectivity index (χ1v) is 7.60. The van der Waals surface area contributed by atoms with Gasteiger partial charge < -0.3 is 15.6 Å². The molecule has 0 saturated carbocycles. The van der Waals surface area contributed by atoms with E-state index >= 15 is 0 Å². The lowest BCUT2D eigenvalue weighted by Gasteiger charge is -2.27. The van der Waals surface area contributed by atoms with Crippen LogP contribution in [0.25, 0.3) is 11.2 Å². The molecule has 1 unspecified atom stereocenters. The number of hydrogen-bond acceptors (Lipinski definition) is 5. The summed E-state index contributed by atoms with van der Waals surface area (Å²) in [4.78, 5) is 16.3. The third-order valence-electron chi connectivity index (χ3n) is 3.87. The van der Waals surface area contributed by atoms with Gasteiger partial charge in [-0.1, -0.05) is 34.6 Å². The molecule has 0 bridgehead atoms. The summed E-state index contributed by atoms with van der Waals surface area (Å²) in [6.45, 7) is 12.8. The molecule has 2 aromatic heterocycles. The Kier molecular flexibility index (Phi) is 4.65. The third-order valence-corrected chi connectivity index (χ3v) is 3.87. The first kappa shape index (κ1) is 15.5. The number of fused-ring (bicyclic) bond motifs is 1. The Balaban J connectivity index is 2.19. The molecule has 116 valence electrons. The molecule has 2 rings (SSSR count). The lowest BCUT2D eigenvalue weighted by molar-refractivity contribution is 0.274. The summed E-state index contributed by atoms with van der Waals surface area (Å²) in [5, 5.41) is 6.65. The van der Waals surface area contributed by atoms with Crippen LogP contribution < -0.4 is 10.6 Å². The molecule has 0 fully saturated rings. The van der Waals surface area contributed by atoms with Crippen molar-refractivity contribution in [2.45, 2.75) is 41.0 Å². The number of nitrogens with zero attached hydrogens (tertiary/aromatic N) is 3. The van der Waals surface area contributed by atoms with E-state index in [-0.39, 0.29) is 5.41 Å². The van der Waals surface area contributed by atoms with Gasteiger partial charge in [0.15, 0.2) is 11.5 Å². The highest BCUT2D eigenvalue weighted by Gasteiger charge is 2.20. The van der Waals surface area contributed by atoms with Crippen LogP contribution >= 0.6 is 0 Å². The largest absolute Gasteiger partial charge is 0.368 e. The zero-order valence-corrected chi connectivity index (χ0v) is 13.6. The summed E-state index contributed by atoms with van der Waals surface area (Å²) >= 11 is 0. The zero-order chi connectivity index (χ0) is 15.5. The number of rotatable bonds is 6. The number of anilines is 2. The van der Waals surface area contributed by atoms with Crippen LogP contribution in [-0.2, 0) is 0 Å². The molecule has 3 N–H and O–H groups in total. The van der Waals surface area contributed by atoms with Gasteiger partial charge in [0, 0.05) is 13.1 Å². The maximum atomic E-state index is 4.56. The van der Waals surface area contributed by atoms with Crippen LogP contribution in [0.4, 0.5) is 11.8 Å². The molecule has 0 aromatic carbocycles. The fourth-order valence-corrected chi connectivity index (χ4v) is 1.83. The van der Waals surface area contributed by atoms with Gasteiger partial charge in [-0.2, -0.15) is 9.97 Å². The van der Waals surface area contributed by atoms with Crippen molar-refractivity contribution in [2.24, 2.45) is 11.3 Å². The van der Waals surface area contributed by atoms with Crippen molar-refractivity contribution < 1.29 is 0 Å². The molecule has 0 radical (unpaired) electrons. The van der Waals surface area contributed by atoms with Crippen molar-refractivity contribution in [2.75, 3.05) is 23.7 Å². The highest BCUT2D eigenvalue weighted by molar-refractivity contribution is 5.83. The minimum Gasteiger partial charge on any atom is -0.368 e. The van der Waals surface area contributed by atoms with Crippen molar-refractivity contribution in [3.63, 3.8) is 0 Å². The van der Waals surface area contributed by atoms with E-state index < -0.39 is 0 Å². The van der Waals surface area contributed by atoms with E-state index in [2.05, 4.69) is 65.2 Å². The molecule has 2 heterocycles. The highest BCUT2D eigenvalue weighted by Crippen LogP contribution is 2.26. The second-order valence-corrected chi connectivity index (χ2v) is 6.57. The molecule has 0 aliphatic heterocycles. The average Bonchev–Trinajstić information content (AvgIpc) is 2.89. The van der Waals surface area contributed by atoms with E-state index in [0.29, 0.717) is 17.5 Å². The minimum atomic E-state index is 0.260. The normalized spacial score (nSPS) is 13.4. The Morgan fingerprint density at radius 1 is 1.24 bits per heavy atom. The maximum Gasteiger partial charge on any atom is 0.226 e. The monoisotopic (exact) mass is 290 g/mol. The molecule has 2 aromatic rings. The topological polar surface area (TPSA) is 78.5 Å². The molecular formula is C15H26N6. The Labute approximate surface area is 126 Å². The van der Waals surface area contributed by atoms with Crippen LogP contribution in [-0.4, -0.2) is 33.0 Å². The molecule has 0 spiro atoms. The van der Waals surface area contributed by atoms with E-state index in [1.807, 2.05) is 0 Å². The highest BCUT2D eigenvalue weighted by atomic mass is 15.2. The molecule has 0 aliphatic carbocycles. The van der Waals surface area contributed by atoms with Gasteiger partial charge in [0.25, 0.3) is 0 Å². The van der Waals surface area contributed by atoms with Crippen LogP contribution in [0.15, 0.2) is 6.33 Å². The van der Waals surface area contributed by atoms with Gasteiger partial charge in [-0.05, 0) is 17.8 Å². The predicted octanol–water partition coefficient (Wildman–Crippen LogP) is 3.27. The molecular weight excluding hydrogens is 264 g/mol. The van der Waals surface area contributed by atoms with E-state index in [1.54, 1.807) is 6.33 Å². The third kappa shape index (κ3) is 3.83. The van der Waals surface area contributed by atoms with Gasteiger partial charge in [-0.15, -0.1) is 0 Å². The Morgan fingerprint density at radius 2 is 2.00 bits per heavy atom. The van der Waals surface area contributed by atoms with Crippen LogP contribution in [0.3, 0.4) is 0 Å². The Bertz CT molecular complexity index is 583. The summed E-state index contributed by atoms with van der Waals surface area (Å²) in [6, 6.07) is 0. The molecule has 0 aliphatic rings. The standard InChI is InChI=1S/C15H26N6/c1-6-7-16-14-20-12(11-13(21-14)19-9-18-11)17-8-10(2)15(3,4)5/h9-10H,6-8H2,1-5H3,(H3,16,17,18,19,20,21). The fourth-order valence-electron chi connectivity index (χ4n) is 1.83. The first-order chi connectivity index (χ1) is 9.91. The summed E-state index contributed by atoms with van der Waals surface area (Å²) in [6.07, 6.45) is 2.69. The van der Waals surface area contributed by atoms with Crippen molar-refractivity contribution in [1.82, 2.24) is 19.9 Å². The van der Waals surface area contributed by atoms with Crippen molar-refractivity contribution in [1.29, 1.82) is 0 Å². The van der Waals surface area contributed by atoms with Gasteiger partial charge in [0.1, 0.15) is 5.52 Å². The van der Waals surface area contributed by atoms with E-state index in [4.69, 9.17) is 0 Å². The summed E-state index contributed by atoms with van der Waals surface area (Å²) < 4.78 is 0. The minimum absolute atomic E-state index is 0.260. The molecule has 6 nitrogen and oxygen atoms in total.